The number of nitrogens with zero attached hydrogens (tertiary/aromatic N) is 5. The van der Waals surface area contributed by atoms with E-state index in [1.54, 1.807) is 11.0 Å². The van der Waals surface area contributed by atoms with Gasteiger partial charge in [-0.2, -0.15) is 5.10 Å². The van der Waals surface area contributed by atoms with E-state index in [9.17, 15) is 9.59 Å². The van der Waals surface area contributed by atoms with E-state index in [4.69, 9.17) is 4.74 Å². The molecular formula is C26H29N5O3. The van der Waals surface area contributed by atoms with Crippen molar-refractivity contribution in [2.45, 2.75) is 32.8 Å². The highest BCUT2D eigenvalue weighted by molar-refractivity contribution is 5.94. The number of cyclic esters (lactones) is 1. The number of hydrogen-bond acceptors (Lipinski definition) is 6. The van der Waals surface area contributed by atoms with Crippen LogP contribution in [0.4, 0.5) is 0 Å². The Bertz CT molecular complexity index is 1170. The third-order valence-corrected chi connectivity index (χ3v) is 6.85. The van der Waals surface area contributed by atoms with Crippen molar-refractivity contribution in [3.8, 4) is 5.69 Å². The van der Waals surface area contributed by atoms with E-state index in [0.717, 1.165) is 67.9 Å². The van der Waals surface area contributed by atoms with Crippen molar-refractivity contribution in [1.29, 1.82) is 0 Å². The van der Waals surface area contributed by atoms with Gasteiger partial charge in [-0.05, 0) is 47.7 Å². The van der Waals surface area contributed by atoms with Gasteiger partial charge in [0.05, 0.1) is 17.7 Å². The Kier molecular flexibility index (Phi) is 6.40. The van der Waals surface area contributed by atoms with Crippen molar-refractivity contribution in [1.82, 2.24) is 24.6 Å². The van der Waals surface area contributed by atoms with Crippen LogP contribution in [0.25, 0.3) is 5.69 Å². The molecule has 0 bridgehead atoms. The molecule has 3 heterocycles. The summed E-state index contributed by atoms with van der Waals surface area (Å²) in [5.41, 5.74) is 6.27. The Morgan fingerprint density at radius 2 is 1.85 bits per heavy atom. The minimum absolute atomic E-state index is 0.171. The third kappa shape index (κ3) is 4.59. The first-order valence-corrected chi connectivity index (χ1v) is 11.9. The lowest BCUT2D eigenvalue weighted by Gasteiger charge is -2.35. The summed E-state index contributed by atoms with van der Waals surface area (Å²) >= 11 is 0. The molecule has 2 aliphatic rings. The minimum atomic E-state index is -0.205. The Morgan fingerprint density at radius 3 is 2.56 bits per heavy atom. The number of rotatable bonds is 7. The molecule has 5 rings (SSSR count). The van der Waals surface area contributed by atoms with Gasteiger partial charge in [0.2, 0.25) is 5.91 Å². The van der Waals surface area contributed by atoms with Crippen molar-refractivity contribution in [3.05, 3.63) is 76.9 Å². The monoisotopic (exact) mass is 459 g/mol. The maximum absolute atomic E-state index is 12.8. The number of amides is 1. The molecule has 176 valence electrons. The second-order valence-corrected chi connectivity index (χ2v) is 8.81. The second-order valence-electron chi connectivity index (χ2n) is 8.81. The van der Waals surface area contributed by atoms with Gasteiger partial charge >= 0.3 is 5.97 Å². The standard InChI is InChI=1S/C26H29N5O3/c1-2-22-20(5-8-23-24(22)16-34-26(23)33)9-10-29-11-13-30(14-12-29)25(32)15-19-3-6-21(7-4-19)31-18-27-17-28-31/h3-8,17-18H,2,9-16H2,1H3. The first-order valence-electron chi connectivity index (χ1n) is 11.9. The number of carbonyl (C=O) groups is 2. The Labute approximate surface area is 199 Å². The van der Waals surface area contributed by atoms with Gasteiger partial charge in [-0.3, -0.25) is 9.69 Å². The molecule has 1 aromatic heterocycles. The smallest absolute Gasteiger partial charge is 0.338 e. The SMILES string of the molecule is CCc1c(CCN2CCN(C(=O)Cc3ccc(-n4cncn4)cc3)CC2)ccc2c1COC2=O. The molecule has 8 heteroatoms. The lowest BCUT2D eigenvalue weighted by molar-refractivity contribution is -0.132. The van der Waals surface area contributed by atoms with Crippen molar-refractivity contribution < 1.29 is 14.3 Å². The zero-order valence-corrected chi connectivity index (χ0v) is 19.4. The van der Waals surface area contributed by atoms with Crippen LogP contribution in [0, 0.1) is 0 Å². The minimum Gasteiger partial charge on any atom is -0.457 e. The van der Waals surface area contributed by atoms with Crippen molar-refractivity contribution >= 4 is 11.9 Å². The van der Waals surface area contributed by atoms with Crippen LogP contribution in [0.2, 0.25) is 0 Å². The molecule has 0 radical (unpaired) electrons. The van der Waals surface area contributed by atoms with Gasteiger partial charge in [0, 0.05) is 38.3 Å². The Hall–Kier alpha value is -3.52. The van der Waals surface area contributed by atoms with E-state index in [1.807, 2.05) is 35.2 Å². The zero-order chi connectivity index (χ0) is 23.5. The summed E-state index contributed by atoms with van der Waals surface area (Å²) < 4.78 is 6.92. The Balaban J connectivity index is 1.11. The number of benzene rings is 2. The van der Waals surface area contributed by atoms with Gasteiger partial charge in [0.1, 0.15) is 19.3 Å². The number of fused-ring (bicyclic) bond motifs is 1. The summed E-state index contributed by atoms with van der Waals surface area (Å²) in [7, 11) is 0. The maximum atomic E-state index is 12.8. The highest BCUT2D eigenvalue weighted by Gasteiger charge is 2.25. The van der Waals surface area contributed by atoms with Gasteiger partial charge in [0.25, 0.3) is 0 Å². The van der Waals surface area contributed by atoms with Gasteiger partial charge in [-0.1, -0.05) is 25.1 Å². The topological polar surface area (TPSA) is 80.6 Å². The molecule has 2 aromatic carbocycles. The highest BCUT2D eigenvalue weighted by Crippen LogP contribution is 2.27. The predicted molar refractivity (Wildman–Crippen MR) is 127 cm³/mol. The molecule has 1 saturated heterocycles. The molecule has 0 unspecified atom stereocenters. The molecule has 0 aliphatic carbocycles. The number of ether oxygens (including phenoxy) is 1. The van der Waals surface area contributed by atoms with Gasteiger partial charge < -0.3 is 9.64 Å². The Morgan fingerprint density at radius 1 is 1.06 bits per heavy atom. The molecule has 3 aromatic rings. The fourth-order valence-corrected chi connectivity index (χ4v) is 4.88. The van der Waals surface area contributed by atoms with E-state index in [1.165, 1.54) is 17.5 Å². The van der Waals surface area contributed by atoms with E-state index in [0.29, 0.717) is 13.0 Å². The quantitative estimate of drug-likeness (QED) is 0.505. The molecule has 2 aliphatic heterocycles. The number of carbonyl (C=O) groups excluding carboxylic acids is 2. The van der Waals surface area contributed by atoms with Crippen molar-refractivity contribution in [3.63, 3.8) is 0 Å². The van der Waals surface area contributed by atoms with Crippen LogP contribution < -0.4 is 0 Å². The van der Waals surface area contributed by atoms with E-state index >= 15 is 0 Å². The highest BCUT2D eigenvalue weighted by atomic mass is 16.5. The van der Waals surface area contributed by atoms with Gasteiger partial charge in [-0.25, -0.2) is 14.5 Å². The summed E-state index contributed by atoms with van der Waals surface area (Å²) in [6.07, 6.45) is 5.41. The summed E-state index contributed by atoms with van der Waals surface area (Å²) in [4.78, 5) is 33.0. The van der Waals surface area contributed by atoms with E-state index < -0.39 is 0 Å². The van der Waals surface area contributed by atoms with Crippen LogP contribution in [-0.2, 0) is 35.4 Å². The summed E-state index contributed by atoms with van der Waals surface area (Å²) in [5, 5.41) is 4.13. The molecule has 0 saturated carbocycles. The summed E-state index contributed by atoms with van der Waals surface area (Å²) in [6, 6.07) is 11.9. The lowest BCUT2D eigenvalue weighted by Crippen LogP contribution is -2.49. The van der Waals surface area contributed by atoms with Crippen LogP contribution in [0.15, 0.2) is 49.1 Å². The van der Waals surface area contributed by atoms with Crippen LogP contribution in [0.5, 0.6) is 0 Å². The van der Waals surface area contributed by atoms with Gasteiger partial charge in [0.15, 0.2) is 0 Å². The fourth-order valence-electron chi connectivity index (χ4n) is 4.88. The first-order chi connectivity index (χ1) is 16.6. The molecule has 34 heavy (non-hydrogen) atoms. The zero-order valence-electron chi connectivity index (χ0n) is 19.4. The van der Waals surface area contributed by atoms with Crippen LogP contribution in [0.3, 0.4) is 0 Å². The average molecular weight is 460 g/mol. The molecule has 8 nitrogen and oxygen atoms in total. The largest absolute Gasteiger partial charge is 0.457 e. The number of piperazine rings is 1. The summed E-state index contributed by atoms with van der Waals surface area (Å²) in [5.74, 6) is -0.0343. The predicted octanol–water partition coefficient (Wildman–Crippen LogP) is 2.43. The van der Waals surface area contributed by atoms with Crippen molar-refractivity contribution in [2.24, 2.45) is 0 Å². The lowest BCUT2D eigenvalue weighted by atomic mass is 9.94. The third-order valence-electron chi connectivity index (χ3n) is 6.85. The summed E-state index contributed by atoms with van der Waals surface area (Å²) in [6.45, 7) is 6.75. The average Bonchev–Trinajstić information content (AvgIpc) is 3.54. The normalized spacial score (nSPS) is 15.9. The van der Waals surface area contributed by atoms with E-state index in [2.05, 4.69) is 28.0 Å². The molecular weight excluding hydrogens is 430 g/mol. The van der Waals surface area contributed by atoms with Gasteiger partial charge in [-0.15, -0.1) is 0 Å². The fraction of sp³-hybridized carbons (Fsp3) is 0.385. The van der Waals surface area contributed by atoms with Crippen LogP contribution in [-0.4, -0.2) is 69.2 Å². The molecule has 1 fully saturated rings. The van der Waals surface area contributed by atoms with E-state index in [-0.39, 0.29) is 11.9 Å². The van der Waals surface area contributed by atoms with Crippen LogP contribution in [0.1, 0.15) is 39.5 Å². The maximum Gasteiger partial charge on any atom is 0.338 e. The van der Waals surface area contributed by atoms with Crippen LogP contribution >= 0.6 is 0 Å². The number of esters is 1. The molecule has 0 spiro atoms. The molecule has 0 atom stereocenters. The number of aromatic nitrogens is 3. The van der Waals surface area contributed by atoms with Crippen molar-refractivity contribution in [2.75, 3.05) is 32.7 Å². The molecule has 0 N–H and O–H groups in total. The molecule has 1 amide bonds. The second kappa shape index (κ2) is 9.77. The first kappa shape index (κ1) is 22.3. The number of hydrogen-bond donors (Lipinski definition) is 0.